The summed E-state index contributed by atoms with van der Waals surface area (Å²) in [5.41, 5.74) is 1.33. The molecule has 0 unspecified atom stereocenters. The van der Waals surface area contributed by atoms with E-state index in [1.54, 1.807) is 6.07 Å². The lowest BCUT2D eigenvalue weighted by Gasteiger charge is -2.12. The maximum Gasteiger partial charge on any atom is 0.349 e. The predicted molar refractivity (Wildman–Crippen MR) is 85.0 cm³/mol. The summed E-state index contributed by atoms with van der Waals surface area (Å²) in [6.07, 6.45) is 0. The second-order valence-electron chi connectivity index (χ2n) is 4.68. The number of nitriles is 1. The molecular weight excluding hydrogens is 318 g/mol. The van der Waals surface area contributed by atoms with Gasteiger partial charge in [-0.05, 0) is 30.7 Å². The molecule has 6 heteroatoms. The first-order valence-corrected chi connectivity index (χ1v) is 7.09. The van der Waals surface area contributed by atoms with Gasteiger partial charge in [0, 0.05) is 6.07 Å². The zero-order chi connectivity index (χ0) is 16.8. The van der Waals surface area contributed by atoms with Crippen LogP contribution in [0.4, 0.5) is 0 Å². The molecule has 2 aromatic carbocycles. The SMILES string of the molecule is COc1cc(C#N)cc(Cl)c1OC(=O)COc1cccc(C)c1. The van der Waals surface area contributed by atoms with E-state index in [4.69, 9.17) is 31.1 Å². The van der Waals surface area contributed by atoms with E-state index in [0.29, 0.717) is 11.3 Å². The molecule has 23 heavy (non-hydrogen) atoms. The van der Waals surface area contributed by atoms with E-state index in [1.807, 2.05) is 31.2 Å². The van der Waals surface area contributed by atoms with E-state index in [2.05, 4.69) is 0 Å². The maximum absolute atomic E-state index is 11.9. The Kier molecular flexibility index (Phi) is 5.45. The van der Waals surface area contributed by atoms with Crippen LogP contribution in [0.3, 0.4) is 0 Å². The zero-order valence-electron chi connectivity index (χ0n) is 12.6. The molecule has 0 saturated heterocycles. The minimum absolute atomic E-state index is 0.0611. The van der Waals surface area contributed by atoms with Crippen LogP contribution in [0.2, 0.25) is 5.02 Å². The van der Waals surface area contributed by atoms with Crippen molar-refractivity contribution < 1.29 is 19.0 Å². The molecule has 2 rings (SSSR count). The quantitative estimate of drug-likeness (QED) is 0.619. The third-order valence-electron chi connectivity index (χ3n) is 2.92. The summed E-state index contributed by atoms with van der Waals surface area (Å²) in [6.45, 7) is 1.65. The number of esters is 1. The topological polar surface area (TPSA) is 68.5 Å². The van der Waals surface area contributed by atoms with E-state index < -0.39 is 5.97 Å². The minimum atomic E-state index is -0.628. The molecule has 0 bridgehead atoms. The van der Waals surface area contributed by atoms with E-state index in [0.717, 1.165) is 5.56 Å². The zero-order valence-corrected chi connectivity index (χ0v) is 13.4. The molecule has 0 N–H and O–H groups in total. The molecule has 0 atom stereocenters. The number of aryl methyl sites for hydroxylation is 1. The summed E-state index contributed by atoms with van der Waals surface area (Å²) in [5, 5.41) is 9.01. The first kappa shape index (κ1) is 16.7. The van der Waals surface area contributed by atoms with Gasteiger partial charge in [0.2, 0.25) is 0 Å². The number of rotatable bonds is 5. The van der Waals surface area contributed by atoms with Gasteiger partial charge in [0.15, 0.2) is 18.1 Å². The summed E-state index contributed by atoms with van der Waals surface area (Å²) in [5.74, 6) is 0.209. The number of ether oxygens (including phenoxy) is 3. The molecule has 0 heterocycles. The van der Waals surface area contributed by atoms with Crippen molar-refractivity contribution in [1.29, 1.82) is 5.26 Å². The highest BCUT2D eigenvalue weighted by atomic mass is 35.5. The molecule has 118 valence electrons. The molecule has 0 aliphatic rings. The number of hydrogen-bond acceptors (Lipinski definition) is 5. The first-order valence-electron chi connectivity index (χ1n) is 6.71. The lowest BCUT2D eigenvalue weighted by molar-refractivity contribution is -0.136. The van der Waals surface area contributed by atoms with Gasteiger partial charge in [0.1, 0.15) is 5.75 Å². The maximum atomic E-state index is 11.9. The lowest BCUT2D eigenvalue weighted by atomic mass is 10.2. The molecule has 0 fully saturated rings. The van der Waals surface area contributed by atoms with Crippen LogP contribution in [0.25, 0.3) is 0 Å². The van der Waals surface area contributed by atoms with Crippen LogP contribution in [0.1, 0.15) is 11.1 Å². The summed E-state index contributed by atoms with van der Waals surface area (Å²) in [4.78, 5) is 11.9. The summed E-state index contributed by atoms with van der Waals surface area (Å²) < 4.78 is 15.7. The smallest absolute Gasteiger partial charge is 0.349 e. The van der Waals surface area contributed by atoms with Crippen LogP contribution >= 0.6 is 11.6 Å². The number of methoxy groups -OCH3 is 1. The van der Waals surface area contributed by atoms with Gasteiger partial charge in [-0.1, -0.05) is 23.7 Å². The van der Waals surface area contributed by atoms with Crippen molar-refractivity contribution in [1.82, 2.24) is 0 Å². The third kappa shape index (κ3) is 4.38. The van der Waals surface area contributed by atoms with E-state index in [1.165, 1.54) is 19.2 Å². The van der Waals surface area contributed by atoms with Crippen molar-refractivity contribution in [2.75, 3.05) is 13.7 Å². The molecule has 0 aliphatic heterocycles. The van der Waals surface area contributed by atoms with Crippen LogP contribution in [-0.4, -0.2) is 19.7 Å². The molecule has 0 saturated carbocycles. The van der Waals surface area contributed by atoms with Crippen molar-refractivity contribution in [3.8, 4) is 23.3 Å². The highest BCUT2D eigenvalue weighted by Crippen LogP contribution is 2.36. The van der Waals surface area contributed by atoms with Gasteiger partial charge in [-0.25, -0.2) is 4.79 Å². The molecule has 2 aromatic rings. The summed E-state index contributed by atoms with van der Waals surface area (Å²) >= 11 is 6.02. The fraction of sp³-hybridized carbons (Fsp3) is 0.176. The van der Waals surface area contributed by atoms with Gasteiger partial charge >= 0.3 is 5.97 Å². The van der Waals surface area contributed by atoms with Crippen molar-refractivity contribution in [3.63, 3.8) is 0 Å². The standard InChI is InChI=1S/C17H14ClNO4/c1-11-4-3-5-13(6-11)22-10-16(20)23-17-14(18)7-12(9-19)8-15(17)21-2/h3-8H,10H2,1-2H3. The monoisotopic (exact) mass is 331 g/mol. The number of hydrogen-bond donors (Lipinski definition) is 0. The molecular formula is C17H14ClNO4. The van der Waals surface area contributed by atoms with Crippen molar-refractivity contribution in [2.45, 2.75) is 6.92 Å². The van der Waals surface area contributed by atoms with Crippen molar-refractivity contribution in [3.05, 3.63) is 52.5 Å². The lowest BCUT2D eigenvalue weighted by Crippen LogP contribution is -2.18. The van der Waals surface area contributed by atoms with Crippen LogP contribution in [0.5, 0.6) is 17.2 Å². The fourth-order valence-corrected chi connectivity index (χ4v) is 2.12. The Morgan fingerprint density at radius 3 is 2.74 bits per heavy atom. The molecule has 0 aromatic heterocycles. The second-order valence-corrected chi connectivity index (χ2v) is 5.09. The van der Waals surface area contributed by atoms with Crippen molar-refractivity contribution >= 4 is 17.6 Å². The van der Waals surface area contributed by atoms with Gasteiger partial charge in [0.05, 0.1) is 23.8 Å². The van der Waals surface area contributed by atoms with Gasteiger partial charge in [-0.2, -0.15) is 5.26 Å². The van der Waals surface area contributed by atoms with E-state index >= 15 is 0 Å². The van der Waals surface area contributed by atoms with Crippen LogP contribution in [0, 0.1) is 18.3 Å². The average molecular weight is 332 g/mol. The summed E-state index contributed by atoms with van der Waals surface area (Å²) in [6, 6.07) is 12.1. The fourth-order valence-electron chi connectivity index (χ4n) is 1.87. The van der Waals surface area contributed by atoms with Crippen LogP contribution < -0.4 is 14.2 Å². The number of carbonyl (C=O) groups excluding carboxylic acids is 1. The van der Waals surface area contributed by atoms with Gasteiger partial charge < -0.3 is 14.2 Å². The van der Waals surface area contributed by atoms with E-state index in [9.17, 15) is 4.79 Å². The Balaban J connectivity index is 2.07. The Morgan fingerprint density at radius 1 is 1.30 bits per heavy atom. The first-order chi connectivity index (χ1) is 11.0. The van der Waals surface area contributed by atoms with Gasteiger partial charge in [-0.15, -0.1) is 0 Å². The van der Waals surface area contributed by atoms with Crippen LogP contribution in [0.15, 0.2) is 36.4 Å². The molecule has 0 spiro atoms. The van der Waals surface area contributed by atoms with Crippen LogP contribution in [-0.2, 0) is 4.79 Å². The Bertz CT molecular complexity index is 768. The van der Waals surface area contributed by atoms with Gasteiger partial charge in [0.25, 0.3) is 0 Å². The van der Waals surface area contributed by atoms with E-state index in [-0.39, 0.29) is 23.1 Å². The Labute approximate surface area is 139 Å². The number of nitrogens with zero attached hydrogens (tertiary/aromatic N) is 1. The molecule has 5 nitrogen and oxygen atoms in total. The number of carbonyl (C=O) groups is 1. The number of benzene rings is 2. The highest BCUT2D eigenvalue weighted by molar-refractivity contribution is 6.32. The molecule has 0 radical (unpaired) electrons. The summed E-state index contributed by atoms with van der Waals surface area (Å²) in [7, 11) is 1.40. The second kappa shape index (κ2) is 7.52. The minimum Gasteiger partial charge on any atom is -0.493 e. The Hall–Kier alpha value is -2.71. The molecule has 0 aliphatic carbocycles. The van der Waals surface area contributed by atoms with Crippen molar-refractivity contribution in [2.24, 2.45) is 0 Å². The Morgan fingerprint density at radius 2 is 2.09 bits per heavy atom. The molecule has 0 amide bonds. The normalized spacial score (nSPS) is 9.83. The average Bonchev–Trinajstić information content (AvgIpc) is 2.54. The third-order valence-corrected chi connectivity index (χ3v) is 3.20. The predicted octanol–water partition coefficient (Wildman–Crippen LogP) is 3.51. The highest BCUT2D eigenvalue weighted by Gasteiger charge is 2.16. The van der Waals surface area contributed by atoms with Gasteiger partial charge in [-0.3, -0.25) is 0 Å². The number of halogens is 1. The largest absolute Gasteiger partial charge is 0.493 e.